The summed E-state index contributed by atoms with van der Waals surface area (Å²) in [4.78, 5) is 13.4. The molecule has 18 heavy (non-hydrogen) atoms. The highest BCUT2D eigenvalue weighted by atomic mass is 16.2. The Bertz CT molecular complexity index is 545. The molecule has 0 saturated carbocycles. The van der Waals surface area contributed by atoms with Crippen molar-refractivity contribution in [3.63, 3.8) is 0 Å². The predicted molar refractivity (Wildman–Crippen MR) is 72.0 cm³/mol. The van der Waals surface area contributed by atoms with Gasteiger partial charge < -0.3 is 0 Å². The lowest BCUT2D eigenvalue weighted by Crippen LogP contribution is -2.30. The van der Waals surface area contributed by atoms with Gasteiger partial charge in [-0.05, 0) is 26.0 Å². The molecule has 1 aromatic heterocycles. The maximum atomic E-state index is 11.7. The maximum absolute atomic E-state index is 11.7. The van der Waals surface area contributed by atoms with Gasteiger partial charge in [-0.15, -0.1) is 0 Å². The number of rotatable bonds is 3. The van der Waals surface area contributed by atoms with Crippen molar-refractivity contribution >= 4 is 11.7 Å². The number of anilines is 1. The summed E-state index contributed by atoms with van der Waals surface area (Å²) < 4.78 is 1.81. The Labute approximate surface area is 107 Å². The van der Waals surface area contributed by atoms with E-state index in [0.29, 0.717) is 6.54 Å². The average Bonchev–Trinajstić information content (AvgIpc) is 2.73. The van der Waals surface area contributed by atoms with Crippen molar-refractivity contribution in [3.05, 3.63) is 42.1 Å². The summed E-state index contributed by atoms with van der Waals surface area (Å²) in [5, 5.41) is 4.45. The second kappa shape index (κ2) is 5.04. The first kappa shape index (κ1) is 12.4. The summed E-state index contributed by atoms with van der Waals surface area (Å²) in [5.74, 6) is 0.836. The molecule has 0 aliphatic carbocycles. The zero-order valence-electron chi connectivity index (χ0n) is 10.9. The zero-order chi connectivity index (χ0) is 13.1. The van der Waals surface area contributed by atoms with E-state index < -0.39 is 0 Å². The first-order valence-electron chi connectivity index (χ1n) is 6.03. The van der Waals surface area contributed by atoms with E-state index in [1.54, 1.807) is 16.5 Å². The fourth-order valence-electron chi connectivity index (χ4n) is 1.98. The van der Waals surface area contributed by atoms with Crippen LogP contribution in [-0.4, -0.2) is 22.2 Å². The normalized spacial score (nSPS) is 10.4. The van der Waals surface area contributed by atoms with Gasteiger partial charge in [-0.25, -0.2) is 4.68 Å². The second-order valence-electron chi connectivity index (χ2n) is 4.15. The van der Waals surface area contributed by atoms with Crippen LogP contribution in [0.25, 0.3) is 5.69 Å². The van der Waals surface area contributed by atoms with E-state index in [1.165, 1.54) is 0 Å². The number of carbonyl (C=O) groups is 1. The minimum atomic E-state index is 0.0228. The Morgan fingerprint density at radius 3 is 2.56 bits per heavy atom. The van der Waals surface area contributed by atoms with Gasteiger partial charge in [0.25, 0.3) is 0 Å². The largest absolute Gasteiger partial charge is 0.297 e. The van der Waals surface area contributed by atoms with Crippen LogP contribution in [-0.2, 0) is 4.79 Å². The Morgan fingerprint density at radius 1 is 1.33 bits per heavy atom. The number of carbonyl (C=O) groups excluding carboxylic acids is 1. The van der Waals surface area contributed by atoms with Gasteiger partial charge in [0.15, 0.2) is 0 Å². The number of amides is 1. The lowest BCUT2D eigenvalue weighted by atomic mass is 10.3. The number of hydrogen-bond donors (Lipinski definition) is 0. The van der Waals surface area contributed by atoms with Crippen molar-refractivity contribution < 1.29 is 4.79 Å². The van der Waals surface area contributed by atoms with E-state index in [9.17, 15) is 4.79 Å². The van der Waals surface area contributed by atoms with Crippen molar-refractivity contribution in [3.8, 4) is 5.69 Å². The third kappa shape index (κ3) is 2.27. The fourth-order valence-corrected chi connectivity index (χ4v) is 1.98. The number of nitrogens with zero attached hydrogens (tertiary/aromatic N) is 3. The first-order chi connectivity index (χ1) is 8.63. The molecule has 0 atom stereocenters. The molecule has 1 heterocycles. The van der Waals surface area contributed by atoms with Gasteiger partial charge in [-0.2, -0.15) is 5.10 Å². The van der Waals surface area contributed by atoms with E-state index in [2.05, 4.69) is 5.10 Å². The van der Waals surface area contributed by atoms with Crippen molar-refractivity contribution in [2.24, 2.45) is 0 Å². The van der Waals surface area contributed by atoms with Crippen LogP contribution < -0.4 is 4.90 Å². The standard InChI is InChI=1S/C14H17N3O/c1-4-16(12(3)18)14-10-11(2)15-17(14)13-8-6-5-7-9-13/h5-10H,4H2,1-3H3. The highest BCUT2D eigenvalue weighted by Crippen LogP contribution is 2.21. The molecule has 2 rings (SSSR count). The summed E-state index contributed by atoms with van der Waals surface area (Å²) in [6, 6.07) is 11.8. The molecule has 0 radical (unpaired) electrons. The van der Waals surface area contributed by atoms with E-state index in [0.717, 1.165) is 17.2 Å². The number of aromatic nitrogens is 2. The summed E-state index contributed by atoms with van der Waals surface area (Å²) in [6.07, 6.45) is 0. The van der Waals surface area contributed by atoms with Crippen LogP contribution in [0.3, 0.4) is 0 Å². The quantitative estimate of drug-likeness (QED) is 0.831. The number of hydrogen-bond acceptors (Lipinski definition) is 2. The number of aryl methyl sites for hydroxylation is 1. The average molecular weight is 243 g/mol. The van der Waals surface area contributed by atoms with Crippen LogP contribution in [0.2, 0.25) is 0 Å². The second-order valence-corrected chi connectivity index (χ2v) is 4.15. The lowest BCUT2D eigenvalue weighted by molar-refractivity contribution is -0.116. The maximum Gasteiger partial charge on any atom is 0.225 e. The molecule has 0 fully saturated rings. The SMILES string of the molecule is CCN(C(C)=O)c1cc(C)nn1-c1ccccc1. The smallest absolute Gasteiger partial charge is 0.225 e. The third-order valence-corrected chi connectivity index (χ3v) is 2.79. The minimum Gasteiger partial charge on any atom is -0.297 e. The Hall–Kier alpha value is -2.10. The van der Waals surface area contributed by atoms with Crippen molar-refractivity contribution in [1.29, 1.82) is 0 Å². The van der Waals surface area contributed by atoms with E-state index in [4.69, 9.17) is 0 Å². The summed E-state index contributed by atoms with van der Waals surface area (Å²) >= 11 is 0. The summed E-state index contributed by atoms with van der Waals surface area (Å²) in [7, 11) is 0. The van der Waals surface area contributed by atoms with Crippen LogP contribution >= 0.6 is 0 Å². The fraction of sp³-hybridized carbons (Fsp3) is 0.286. The third-order valence-electron chi connectivity index (χ3n) is 2.79. The van der Waals surface area contributed by atoms with Gasteiger partial charge in [0.2, 0.25) is 5.91 Å². The predicted octanol–water partition coefficient (Wildman–Crippen LogP) is 2.55. The Kier molecular flexibility index (Phi) is 3.46. The van der Waals surface area contributed by atoms with Crippen LogP contribution in [0.1, 0.15) is 19.5 Å². The van der Waals surface area contributed by atoms with Gasteiger partial charge in [0.1, 0.15) is 5.82 Å². The molecule has 0 aliphatic rings. The molecule has 1 aromatic carbocycles. The minimum absolute atomic E-state index is 0.0228. The molecule has 0 unspecified atom stereocenters. The Balaban J connectivity index is 2.52. The highest BCUT2D eigenvalue weighted by Gasteiger charge is 2.16. The monoisotopic (exact) mass is 243 g/mol. The number of para-hydroxylation sites is 1. The van der Waals surface area contributed by atoms with E-state index >= 15 is 0 Å². The molecular weight excluding hydrogens is 226 g/mol. The highest BCUT2D eigenvalue weighted by molar-refractivity contribution is 5.90. The Morgan fingerprint density at radius 2 is 2.00 bits per heavy atom. The van der Waals surface area contributed by atoms with E-state index in [1.807, 2.05) is 50.2 Å². The van der Waals surface area contributed by atoms with E-state index in [-0.39, 0.29) is 5.91 Å². The molecule has 0 saturated heterocycles. The van der Waals surface area contributed by atoms with Gasteiger partial charge >= 0.3 is 0 Å². The molecule has 0 bridgehead atoms. The first-order valence-corrected chi connectivity index (χ1v) is 6.03. The molecule has 0 N–H and O–H groups in total. The van der Waals surface area contributed by atoms with Gasteiger partial charge in [0, 0.05) is 19.5 Å². The van der Waals surface area contributed by atoms with Gasteiger partial charge in [-0.1, -0.05) is 18.2 Å². The molecule has 1 amide bonds. The van der Waals surface area contributed by atoms with Crippen molar-refractivity contribution in [2.45, 2.75) is 20.8 Å². The molecular formula is C14H17N3O. The molecule has 0 spiro atoms. The zero-order valence-corrected chi connectivity index (χ0v) is 10.9. The van der Waals surface area contributed by atoms with Crippen LogP contribution in [0, 0.1) is 6.92 Å². The lowest BCUT2D eigenvalue weighted by Gasteiger charge is -2.19. The van der Waals surface area contributed by atoms with Crippen molar-refractivity contribution in [1.82, 2.24) is 9.78 Å². The molecule has 94 valence electrons. The molecule has 4 heteroatoms. The van der Waals surface area contributed by atoms with Gasteiger partial charge in [-0.3, -0.25) is 9.69 Å². The van der Waals surface area contributed by atoms with Crippen molar-refractivity contribution in [2.75, 3.05) is 11.4 Å². The van der Waals surface area contributed by atoms with Crippen LogP contribution in [0.5, 0.6) is 0 Å². The molecule has 0 aliphatic heterocycles. The number of benzene rings is 1. The summed E-state index contributed by atoms with van der Waals surface area (Å²) in [5.41, 5.74) is 1.86. The molecule has 4 nitrogen and oxygen atoms in total. The van der Waals surface area contributed by atoms with Crippen LogP contribution in [0.4, 0.5) is 5.82 Å². The topological polar surface area (TPSA) is 38.1 Å². The molecule has 2 aromatic rings. The summed E-state index contributed by atoms with van der Waals surface area (Å²) in [6.45, 7) is 6.09. The van der Waals surface area contributed by atoms with Crippen LogP contribution in [0.15, 0.2) is 36.4 Å². The van der Waals surface area contributed by atoms with Gasteiger partial charge in [0.05, 0.1) is 11.4 Å².